The molecule has 1 unspecified atom stereocenters. The highest BCUT2D eigenvalue weighted by molar-refractivity contribution is 6.31. The predicted molar refractivity (Wildman–Crippen MR) is 147 cm³/mol. The second-order valence-corrected chi connectivity index (χ2v) is 10.9. The van der Waals surface area contributed by atoms with Crippen LogP contribution in [0.1, 0.15) is 55.5 Å². The molecule has 0 bridgehead atoms. The van der Waals surface area contributed by atoms with E-state index in [-0.39, 0.29) is 33.5 Å². The maximum Gasteiger partial charge on any atom is 0.162 e. The van der Waals surface area contributed by atoms with E-state index in [1.54, 1.807) is 42.3 Å². The van der Waals surface area contributed by atoms with Gasteiger partial charge in [-0.3, -0.25) is 14.5 Å². The van der Waals surface area contributed by atoms with Crippen LogP contribution in [-0.2, 0) is 4.79 Å². The first kappa shape index (κ1) is 25.5. The quantitative estimate of drug-likeness (QED) is 0.326. The molecule has 38 heavy (non-hydrogen) atoms. The molecule has 2 aromatic carbocycles. The van der Waals surface area contributed by atoms with Gasteiger partial charge in [0.25, 0.3) is 0 Å². The Bertz CT molecular complexity index is 1610. The number of halogens is 1. The van der Waals surface area contributed by atoms with Crippen molar-refractivity contribution < 1.29 is 14.3 Å². The van der Waals surface area contributed by atoms with E-state index in [1.165, 1.54) is 6.92 Å². The topological polar surface area (TPSA) is 109 Å². The standard InChI is InChI=1S/C30H27ClN4O3/c1-16(36)17-5-7-19(8-6-17)35-24-13-30(2,3)14-25(37)27(24)26(22(15-32)29(35)33)21-12-18-11-20(38-4)9-10-23(18)34-28(21)31/h5-12,26H,13-14,33H2,1-4H3. The zero-order valence-electron chi connectivity index (χ0n) is 21.6. The molecule has 1 atom stereocenters. The molecule has 0 spiro atoms. The van der Waals surface area contributed by atoms with Gasteiger partial charge in [0.15, 0.2) is 11.6 Å². The lowest BCUT2D eigenvalue weighted by molar-refractivity contribution is -0.118. The fourth-order valence-electron chi connectivity index (χ4n) is 5.44. The molecular weight excluding hydrogens is 500 g/mol. The van der Waals surface area contributed by atoms with Crippen molar-refractivity contribution in [2.24, 2.45) is 11.1 Å². The lowest BCUT2D eigenvalue weighted by Gasteiger charge is -2.43. The van der Waals surface area contributed by atoms with Crippen molar-refractivity contribution in [2.75, 3.05) is 12.0 Å². The Balaban J connectivity index is 1.77. The number of pyridine rings is 1. The normalized spacial score (nSPS) is 18.9. The molecule has 0 amide bonds. The summed E-state index contributed by atoms with van der Waals surface area (Å²) in [5, 5.41) is 11.3. The summed E-state index contributed by atoms with van der Waals surface area (Å²) in [5.74, 6) is -0.00228. The van der Waals surface area contributed by atoms with E-state index in [2.05, 4.69) is 11.1 Å². The molecule has 0 fully saturated rings. The summed E-state index contributed by atoms with van der Waals surface area (Å²) in [4.78, 5) is 32.0. The van der Waals surface area contributed by atoms with E-state index in [0.29, 0.717) is 46.5 Å². The Morgan fingerprint density at radius 3 is 2.53 bits per heavy atom. The van der Waals surface area contributed by atoms with Crippen LogP contribution in [0.15, 0.2) is 71.2 Å². The van der Waals surface area contributed by atoms with Crippen LogP contribution in [0.4, 0.5) is 5.69 Å². The van der Waals surface area contributed by atoms with Crippen molar-refractivity contribution in [1.29, 1.82) is 5.26 Å². The number of anilines is 1. The Hall–Kier alpha value is -4.15. The van der Waals surface area contributed by atoms with Crippen LogP contribution >= 0.6 is 11.6 Å². The minimum Gasteiger partial charge on any atom is -0.497 e. The number of rotatable bonds is 4. The van der Waals surface area contributed by atoms with Crippen molar-refractivity contribution in [3.05, 3.63) is 87.5 Å². The van der Waals surface area contributed by atoms with Crippen LogP contribution in [0.25, 0.3) is 10.9 Å². The van der Waals surface area contributed by atoms with Crippen LogP contribution in [0.3, 0.4) is 0 Å². The molecule has 0 radical (unpaired) electrons. The number of aromatic nitrogens is 1. The third-order valence-corrected chi connectivity index (χ3v) is 7.53. The Labute approximate surface area is 226 Å². The number of ketones is 2. The summed E-state index contributed by atoms with van der Waals surface area (Å²) in [7, 11) is 1.58. The van der Waals surface area contributed by atoms with Gasteiger partial charge in [-0.1, -0.05) is 25.4 Å². The molecule has 0 saturated carbocycles. The highest BCUT2D eigenvalue weighted by atomic mass is 35.5. The molecule has 3 aromatic rings. The van der Waals surface area contributed by atoms with E-state index in [4.69, 9.17) is 22.1 Å². The minimum absolute atomic E-state index is 0.0551. The van der Waals surface area contributed by atoms with Gasteiger partial charge in [0.05, 0.1) is 30.2 Å². The van der Waals surface area contributed by atoms with Gasteiger partial charge < -0.3 is 10.5 Å². The van der Waals surface area contributed by atoms with Crippen LogP contribution < -0.4 is 15.4 Å². The summed E-state index contributed by atoms with van der Waals surface area (Å²) in [6, 6.07) is 16.6. The van der Waals surface area contributed by atoms with Gasteiger partial charge in [-0.2, -0.15) is 5.26 Å². The maximum atomic E-state index is 13.8. The van der Waals surface area contributed by atoms with Crippen LogP contribution in [0.5, 0.6) is 5.75 Å². The number of carbonyl (C=O) groups is 2. The lowest BCUT2D eigenvalue weighted by atomic mass is 9.68. The van der Waals surface area contributed by atoms with Gasteiger partial charge in [0.2, 0.25) is 0 Å². The van der Waals surface area contributed by atoms with Crippen molar-refractivity contribution >= 4 is 39.8 Å². The fraction of sp³-hybridized carbons (Fsp3) is 0.267. The second kappa shape index (κ2) is 9.30. The number of benzene rings is 2. The number of carbonyl (C=O) groups excluding carboxylic acids is 2. The average molecular weight is 527 g/mol. The molecule has 192 valence electrons. The van der Waals surface area contributed by atoms with E-state index in [9.17, 15) is 14.9 Å². The van der Waals surface area contributed by atoms with Crippen molar-refractivity contribution in [2.45, 2.75) is 39.5 Å². The summed E-state index contributed by atoms with van der Waals surface area (Å²) in [6.45, 7) is 5.58. The van der Waals surface area contributed by atoms with Gasteiger partial charge in [-0.05, 0) is 67.3 Å². The molecule has 7 nitrogen and oxygen atoms in total. The summed E-state index contributed by atoms with van der Waals surface area (Å²) in [6.07, 6.45) is 0.884. The number of nitriles is 1. The van der Waals surface area contributed by atoms with E-state index in [0.717, 1.165) is 11.1 Å². The molecule has 1 aliphatic heterocycles. The SMILES string of the molecule is COc1ccc2nc(Cl)c(C3C(C#N)=C(N)N(c4ccc(C(C)=O)cc4)C4=C3C(=O)CC(C)(C)C4)cc2c1. The zero-order chi connectivity index (χ0) is 27.4. The number of Topliss-reactive ketones (excluding diaryl/α,β-unsaturated/α-hetero) is 2. The van der Waals surface area contributed by atoms with Gasteiger partial charge in [-0.25, -0.2) is 4.98 Å². The third kappa shape index (κ3) is 4.21. The molecular formula is C30H27ClN4O3. The Morgan fingerprint density at radius 2 is 1.89 bits per heavy atom. The van der Waals surface area contributed by atoms with Crippen molar-refractivity contribution in [3.8, 4) is 11.8 Å². The monoisotopic (exact) mass is 526 g/mol. The fourth-order valence-corrected chi connectivity index (χ4v) is 5.69. The molecule has 8 heteroatoms. The van der Waals surface area contributed by atoms with Crippen LogP contribution in [-0.4, -0.2) is 23.7 Å². The third-order valence-electron chi connectivity index (χ3n) is 7.23. The van der Waals surface area contributed by atoms with Gasteiger partial charge >= 0.3 is 0 Å². The number of nitrogens with zero attached hydrogens (tertiary/aromatic N) is 3. The zero-order valence-corrected chi connectivity index (χ0v) is 22.4. The first-order valence-electron chi connectivity index (χ1n) is 12.3. The second-order valence-electron chi connectivity index (χ2n) is 10.5. The number of methoxy groups -OCH3 is 1. The molecule has 5 rings (SSSR count). The van der Waals surface area contributed by atoms with E-state index < -0.39 is 5.92 Å². The maximum absolute atomic E-state index is 13.8. The molecule has 2 heterocycles. The number of hydrogen-bond donors (Lipinski definition) is 1. The molecule has 2 N–H and O–H groups in total. The molecule has 1 aliphatic carbocycles. The number of hydrogen-bond acceptors (Lipinski definition) is 7. The van der Waals surface area contributed by atoms with Crippen molar-refractivity contribution in [3.63, 3.8) is 0 Å². The van der Waals surface area contributed by atoms with Gasteiger partial charge in [-0.15, -0.1) is 0 Å². The summed E-state index contributed by atoms with van der Waals surface area (Å²) in [5.41, 5.74) is 10.3. The van der Waals surface area contributed by atoms with Gasteiger partial charge in [0, 0.05) is 39.9 Å². The Morgan fingerprint density at radius 1 is 1.18 bits per heavy atom. The van der Waals surface area contributed by atoms with Crippen LogP contribution in [0.2, 0.25) is 5.15 Å². The smallest absolute Gasteiger partial charge is 0.162 e. The molecule has 1 aromatic heterocycles. The van der Waals surface area contributed by atoms with Crippen molar-refractivity contribution in [1.82, 2.24) is 4.98 Å². The van der Waals surface area contributed by atoms with Crippen LogP contribution in [0, 0.1) is 16.7 Å². The average Bonchev–Trinajstić information content (AvgIpc) is 2.87. The largest absolute Gasteiger partial charge is 0.497 e. The minimum atomic E-state index is -0.762. The first-order valence-corrected chi connectivity index (χ1v) is 12.6. The highest BCUT2D eigenvalue weighted by Gasteiger charge is 2.45. The highest BCUT2D eigenvalue weighted by Crippen LogP contribution is 2.51. The summed E-state index contributed by atoms with van der Waals surface area (Å²) >= 11 is 6.72. The number of nitrogens with two attached hydrogens (primary N) is 1. The number of allylic oxidation sites excluding steroid dienone is 3. The number of fused-ring (bicyclic) bond motifs is 1. The Kier molecular flexibility index (Phi) is 6.24. The first-order chi connectivity index (χ1) is 18.0. The van der Waals surface area contributed by atoms with E-state index in [1.807, 2.05) is 32.0 Å². The molecule has 0 saturated heterocycles. The predicted octanol–water partition coefficient (Wildman–Crippen LogP) is 6.04. The molecule has 2 aliphatic rings. The van der Waals surface area contributed by atoms with E-state index >= 15 is 0 Å². The summed E-state index contributed by atoms with van der Waals surface area (Å²) < 4.78 is 5.38. The lowest BCUT2D eigenvalue weighted by Crippen LogP contribution is -2.42. The number of ether oxygens (including phenoxy) is 1. The van der Waals surface area contributed by atoms with Gasteiger partial charge in [0.1, 0.15) is 16.7 Å².